The summed E-state index contributed by atoms with van der Waals surface area (Å²) < 4.78 is 2.24. The Morgan fingerprint density at radius 3 is 2.55 bits per heavy atom. The van der Waals surface area contributed by atoms with Crippen LogP contribution in [0.15, 0.2) is 48.8 Å². The number of amides is 2. The van der Waals surface area contributed by atoms with Gasteiger partial charge in [0.1, 0.15) is 5.52 Å². The van der Waals surface area contributed by atoms with Crippen molar-refractivity contribution in [1.82, 2.24) is 30.1 Å². The lowest BCUT2D eigenvalue weighted by Crippen LogP contribution is -2.59. The predicted molar refractivity (Wildman–Crippen MR) is 200 cm³/mol. The van der Waals surface area contributed by atoms with E-state index in [2.05, 4.69) is 54.6 Å². The Morgan fingerprint density at radius 2 is 1.78 bits per heavy atom. The molecule has 10 nitrogen and oxygen atoms in total. The van der Waals surface area contributed by atoms with Crippen LogP contribution >= 0.6 is 0 Å². The maximum absolute atomic E-state index is 14.7. The molecule has 10 heteroatoms. The first-order valence-electron chi connectivity index (χ1n) is 19.3. The van der Waals surface area contributed by atoms with Crippen LogP contribution in [0.1, 0.15) is 91.7 Å². The first-order valence-corrected chi connectivity index (χ1v) is 19.3. The van der Waals surface area contributed by atoms with Gasteiger partial charge in [-0.15, -0.1) is 0 Å². The number of hydrogen-bond acceptors (Lipinski definition) is 7. The average Bonchev–Trinajstić information content (AvgIpc) is 4.06. The molecule has 3 saturated carbocycles. The number of piperidine rings is 2. The molecule has 4 aromatic rings. The number of carbonyl (C=O) groups is 2. The Morgan fingerprint density at radius 1 is 0.961 bits per heavy atom. The molecule has 2 spiro atoms. The average molecular weight is 685 g/mol. The summed E-state index contributed by atoms with van der Waals surface area (Å²) in [4.78, 5) is 42.4. The molecule has 0 bridgehead atoms. The molecular weight excluding hydrogens is 637 g/mol. The Labute approximate surface area is 299 Å². The highest BCUT2D eigenvalue weighted by molar-refractivity contribution is 6.09. The smallest absolute Gasteiger partial charge is 0.251 e. The Bertz CT molecular complexity index is 2070. The topological polar surface area (TPSA) is 107 Å². The number of fused-ring (bicyclic) bond motifs is 3. The third-order valence-corrected chi connectivity index (χ3v) is 13.2. The van der Waals surface area contributed by atoms with Crippen LogP contribution in [0.4, 0.5) is 17.2 Å². The number of carbonyl (C=O) groups excluding carboxylic acids is 2. The van der Waals surface area contributed by atoms with Gasteiger partial charge in [0.25, 0.3) is 5.91 Å². The van der Waals surface area contributed by atoms with E-state index in [0.29, 0.717) is 29.0 Å². The molecule has 3 aliphatic heterocycles. The molecule has 2 aromatic heterocycles. The minimum Gasteiger partial charge on any atom is -0.355 e. The molecule has 3 aliphatic carbocycles. The van der Waals surface area contributed by atoms with E-state index < -0.39 is 5.41 Å². The lowest BCUT2D eigenvalue weighted by molar-refractivity contribution is -0.125. The second kappa shape index (κ2) is 11.6. The maximum atomic E-state index is 14.7. The van der Waals surface area contributed by atoms with Gasteiger partial charge in [-0.1, -0.05) is 18.2 Å². The summed E-state index contributed by atoms with van der Waals surface area (Å²) >= 11 is 0. The van der Waals surface area contributed by atoms with E-state index in [0.717, 1.165) is 96.7 Å². The van der Waals surface area contributed by atoms with Gasteiger partial charge in [-0.2, -0.15) is 0 Å². The van der Waals surface area contributed by atoms with Gasteiger partial charge in [0, 0.05) is 54.2 Å². The molecular formula is C41H48N8O2. The van der Waals surface area contributed by atoms with E-state index in [1.54, 1.807) is 7.05 Å². The van der Waals surface area contributed by atoms with Gasteiger partial charge in [-0.25, -0.2) is 9.97 Å². The van der Waals surface area contributed by atoms with E-state index >= 15 is 0 Å². The zero-order chi connectivity index (χ0) is 34.5. The summed E-state index contributed by atoms with van der Waals surface area (Å²) in [5.74, 6) is 0.908. The van der Waals surface area contributed by atoms with Gasteiger partial charge in [0.15, 0.2) is 5.82 Å². The molecule has 3 N–H and O–H groups in total. The number of rotatable bonds is 7. The van der Waals surface area contributed by atoms with Crippen LogP contribution in [0.2, 0.25) is 0 Å². The molecule has 2 aromatic carbocycles. The van der Waals surface area contributed by atoms with Gasteiger partial charge in [-0.05, 0) is 132 Å². The summed E-state index contributed by atoms with van der Waals surface area (Å²) in [6.45, 7) is 6.14. The number of anilines is 3. The largest absolute Gasteiger partial charge is 0.355 e. The van der Waals surface area contributed by atoms with Crippen LogP contribution in [0.3, 0.4) is 0 Å². The number of imidazole rings is 1. The quantitative estimate of drug-likeness (QED) is 0.212. The fraction of sp³-hybridized carbons (Fsp3) is 0.512. The van der Waals surface area contributed by atoms with Crippen LogP contribution in [0, 0.1) is 12.3 Å². The fourth-order valence-electron chi connectivity index (χ4n) is 9.80. The third-order valence-electron chi connectivity index (χ3n) is 13.2. The number of likely N-dealkylation sites (tertiary alicyclic amines) is 1. The Balaban J connectivity index is 1.02. The van der Waals surface area contributed by atoms with Gasteiger partial charge in [0.05, 0.1) is 23.0 Å². The van der Waals surface area contributed by atoms with Crippen molar-refractivity contribution in [2.75, 3.05) is 43.4 Å². The van der Waals surface area contributed by atoms with E-state index in [1.165, 1.54) is 44.3 Å². The van der Waals surface area contributed by atoms with Crippen LogP contribution in [-0.2, 0) is 10.2 Å². The van der Waals surface area contributed by atoms with Crippen molar-refractivity contribution in [2.45, 2.75) is 94.7 Å². The van der Waals surface area contributed by atoms with Crippen molar-refractivity contribution in [1.29, 1.82) is 0 Å². The van der Waals surface area contributed by atoms with Crippen LogP contribution in [0.25, 0.3) is 22.3 Å². The summed E-state index contributed by atoms with van der Waals surface area (Å²) in [5, 5.41) is 9.85. The van der Waals surface area contributed by atoms with Crippen LogP contribution < -0.4 is 20.9 Å². The normalized spacial score (nSPS) is 24.9. The summed E-state index contributed by atoms with van der Waals surface area (Å²) in [5.41, 5.74) is 8.43. The third kappa shape index (κ3) is 5.11. The summed E-state index contributed by atoms with van der Waals surface area (Å²) in [7, 11) is 1.66. The van der Waals surface area contributed by atoms with Crippen molar-refractivity contribution in [3.8, 4) is 11.3 Å². The van der Waals surface area contributed by atoms with E-state index in [-0.39, 0.29) is 11.9 Å². The minimum absolute atomic E-state index is 0.115. The molecule has 5 heterocycles. The van der Waals surface area contributed by atoms with Gasteiger partial charge < -0.3 is 25.4 Å². The lowest BCUT2D eigenvalue weighted by atomic mass is 9.74. The molecule has 51 heavy (non-hydrogen) atoms. The highest BCUT2D eigenvalue weighted by atomic mass is 16.2. The van der Waals surface area contributed by atoms with Crippen molar-refractivity contribution in [2.24, 2.45) is 5.41 Å². The lowest BCUT2D eigenvalue weighted by Gasteiger charge is -2.49. The minimum atomic E-state index is -0.450. The predicted octanol–water partition coefficient (Wildman–Crippen LogP) is 6.22. The molecule has 10 rings (SSSR count). The molecule has 5 fully saturated rings. The standard InChI is InChI=1S/C41H48N8O2/c1-25-4-6-27(19-31(25)38(50)42-2)45-37-36-34(44-24-48(36)28-7-8-28)22-33(46-37)26-5-9-32-35(18-26)49(39(51)41(32)13-15-43-16-14-41)30-20-29(21-30)47-17-3-10-40(23-47)11-12-40/h4-6,9,18-19,22,24,28-30,43H,3,7-8,10-17,20-21,23H2,1-2H3,(H,42,50)(H,45,46)/t29-,30+. The van der Waals surface area contributed by atoms with Crippen molar-refractivity contribution in [3.63, 3.8) is 0 Å². The number of nitrogens with one attached hydrogen (secondary N) is 3. The van der Waals surface area contributed by atoms with Gasteiger partial charge >= 0.3 is 0 Å². The highest BCUT2D eigenvalue weighted by Gasteiger charge is 2.56. The molecule has 6 aliphatic rings. The van der Waals surface area contributed by atoms with Crippen LogP contribution in [-0.4, -0.2) is 76.6 Å². The zero-order valence-electron chi connectivity index (χ0n) is 29.8. The summed E-state index contributed by atoms with van der Waals surface area (Å²) in [6, 6.07) is 15.8. The molecule has 0 atom stereocenters. The Kier molecular flexibility index (Phi) is 7.16. The molecule has 0 radical (unpaired) electrons. The number of pyridine rings is 1. The molecule has 2 saturated heterocycles. The number of aromatic nitrogens is 3. The highest BCUT2D eigenvalue weighted by Crippen LogP contribution is 2.55. The summed E-state index contributed by atoms with van der Waals surface area (Å²) in [6.07, 6.45) is 13.5. The monoisotopic (exact) mass is 684 g/mol. The number of benzene rings is 2. The fourth-order valence-corrected chi connectivity index (χ4v) is 9.80. The first-order chi connectivity index (χ1) is 24.8. The second-order valence-corrected chi connectivity index (χ2v) is 16.4. The van der Waals surface area contributed by atoms with E-state index in [1.807, 2.05) is 31.5 Å². The maximum Gasteiger partial charge on any atom is 0.251 e. The second-order valence-electron chi connectivity index (χ2n) is 16.4. The van der Waals surface area contributed by atoms with Crippen molar-refractivity contribution < 1.29 is 9.59 Å². The zero-order valence-corrected chi connectivity index (χ0v) is 29.8. The number of nitrogens with zero attached hydrogens (tertiary/aromatic N) is 5. The van der Waals surface area contributed by atoms with E-state index in [9.17, 15) is 9.59 Å². The number of hydrogen-bond donors (Lipinski definition) is 3. The van der Waals surface area contributed by atoms with Gasteiger partial charge in [-0.3, -0.25) is 14.5 Å². The molecule has 2 amide bonds. The SMILES string of the molecule is CNC(=O)c1cc(Nc2nc(-c3ccc4c(c3)N([C@H]3C[C@@H](N5CCCC6(CC6)C5)C3)C(=O)C43CCNCC3)cc3ncn(C4CC4)c23)ccc1C. The molecule has 264 valence electrons. The number of aryl methyl sites for hydroxylation is 1. The van der Waals surface area contributed by atoms with Gasteiger partial charge in [0.2, 0.25) is 5.91 Å². The first kappa shape index (κ1) is 31.5. The molecule has 0 unspecified atom stereocenters. The van der Waals surface area contributed by atoms with Crippen molar-refractivity contribution in [3.05, 3.63) is 65.5 Å². The van der Waals surface area contributed by atoms with Crippen molar-refractivity contribution >= 4 is 40.0 Å². The Hall–Kier alpha value is -4.28. The van der Waals surface area contributed by atoms with Crippen LogP contribution in [0.5, 0.6) is 0 Å². The van der Waals surface area contributed by atoms with E-state index in [4.69, 9.17) is 9.97 Å².